The van der Waals surface area contributed by atoms with Crippen molar-refractivity contribution in [3.8, 4) is 27.8 Å². The van der Waals surface area contributed by atoms with Crippen LogP contribution in [0.4, 0.5) is 8.78 Å². The number of halogens is 2. The number of ether oxygens (including phenoxy) is 2. The molecule has 3 aromatic heterocycles. The van der Waals surface area contributed by atoms with Crippen molar-refractivity contribution < 1.29 is 18.3 Å². The van der Waals surface area contributed by atoms with E-state index in [4.69, 9.17) is 4.74 Å². The largest absolute Gasteiger partial charge is 0.470 e. The molecule has 0 radical (unpaired) electrons. The molecule has 0 saturated carbocycles. The van der Waals surface area contributed by atoms with Crippen molar-refractivity contribution in [2.75, 3.05) is 6.61 Å². The highest BCUT2D eigenvalue weighted by atomic mass is 32.1. The molecule has 0 fully saturated rings. The molecule has 0 aliphatic carbocycles. The van der Waals surface area contributed by atoms with Gasteiger partial charge >= 0.3 is 6.61 Å². The molecular weight excluding hydrogens is 440 g/mol. The maximum atomic E-state index is 13.6. The smallest absolute Gasteiger partial charge is 0.387 e. The van der Waals surface area contributed by atoms with E-state index in [0.29, 0.717) is 44.5 Å². The predicted molar refractivity (Wildman–Crippen MR) is 118 cm³/mol. The standard InChI is InChI=1S/C22H19F2N3O4S/c1-4-30-22-25-19-17(32-22)10-15(13-5-8-18(28)26(3)11-13)20(29)27(19)14-6-7-16(12(2)9-14)31-21(23)24/h5-11,21H,4H2,1-3H3. The Hall–Kier alpha value is -3.53. The van der Waals surface area contributed by atoms with E-state index in [9.17, 15) is 18.4 Å². The molecule has 0 saturated heterocycles. The number of pyridine rings is 2. The van der Waals surface area contributed by atoms with Gasteiger partial charge in [0.05, 0.1) is 22.6 Å². The monoisotopic (exact) mass is 459 g/mol. The summed E-state index contributed by atoms with van der Waals surface area (Å²) in [6.07, 6.45) is 1.59. The molecule has 0 aliphatic heterocycles. The lowest BCUT2D eigenvalue weighted by molar-refractivity contribution is -0.0502. The molecule has 4 aromatic rings. The van der Waals surface area contributed by atoms with Crippen LogP contribution in [0.2, 0.25) is 0 Å². The van der Waals surface area contributed by atoms with Crippen LogP contribution in [0.5, 0.6) is 10.9 Å². The van der Waals surface area contributed by atoms with Crippen LogP contribution in [0.25, 0.3) is 27.2 Å². The van der Waals surface area contributed by atoms with Crippen LogP contribution < -0.4 is 20.6 Å². The molecule has 10 heteroatoms. The van der Waals surface area contributed by atoms with E-state index in [1.165, 1.54) is 38.7 Å². The molecule has 0 spiro atoms. The summed E-state index contributed by atoms with van der Waals surface area (Å²) < 4.78 is 38.8. The van der Waals surface area contributed by atoms with Crippen molar-refractivity contribution in [1.82, 2.24) is 14.1 Å². The quantitative estimate of drug-likeness (QED) is 0.434. The fourth-order valence-electron chi connectivity index (χ4n) is 3.35. The Kier molecular flexibility index (Phi) is 5.79. The molecule has 166 valence electrons. The molecule has 0 bridgehead atoms. The van der Waals surface area contributed by atoms with Gasteiger partial charge in [0.15, 0.2) is 5.65 Å². The average Bonchev–Trinajstić information content (AvgIpc) is 3.13. The molecule has 7 nitrogen and oxygen atoms in total. The molecule has 32 heavy (non-hydrogen) atoms. The molecule has 0 N–H and O–H groups in total. The zero-order valence-electron chi connectivity index (χ0n) is 17.5. The number of fused-ring (bicyclic) bond motifs is 1. The van der Waals surface area contributed by atoms with Gasteiger partial charge in [0.25, 0.3) is 10.8 Å². The summed E-state index contributed by atoms with van der Waals surface area (Å²) in [4.78, 5) is 29.8. The van der Waals surface area contributed by atoms with Crippen molar-refractivity contribution in [2.24, 2.45) is 7.05 Å². The number of aryl methyl sites for hydroxylation is 2. The molecule has 0 unspecified atom stereocenters. The van der Waals surface area contributed by atoms with Gasteiger partial charge in [0.2, 0.25) is 5.56 Å². The van der Waals surface area contributed by atoms with Gasteiger partial charge in [-0.25, -0.2) is 0 Å². The first-order valence-corrected chi connectivity index (χ1v) is 10.5. The second-order valence-electron chi connectivity index (χ2n) is 6.99. The summed E-state index contributed by atoms with van der Waals surface area (Å²) >= 11 is 1.29. The molecule has 4 rings (SSSR count). The maximum absolute atomic E-state index is 13.6. The topological polar surface area (TPSA) is 75.4 Å². The van der Waals surface area contributed by atoms with Crippen LogP contribution in [0.15, 0.2) is 52.2 Å². The zero-order chi connectivity index (χ0) is 23.0. The Labute approximate surface area is 185 Å². The van der Waals surface area contributed by atoms with Crippen LogP contribution in [-0.4, -0.2) is 27.3 Å². The fourth-order valence-corrected chi connectivity index (χ4v) is 4.26. The van der Waals surface area contributed by atoms with E-state index in [1.807, 2.05) is 6.92 Å². The second-order valence-corrected chi connectivity index (χ2v) is 7.99. The van der Waals surface area contributed by atoms with Gasteiger partial charge in [-0.1, -0.05) is 11.3 Å². The summed E-state index contributed by atoms with van der Waals surface area (Å²) in [7, 11) is 1.61. The minimum atomic E-state index is -2.95. The van der Waals surface area contributed by atoms with Crippen molar-refractivity contribution >= 4 is 21.7 Å². The first-order chi connectivity index (χ1) is 15.3. The average molecular weight is 459 g/mol. The maximum Gasteiger partial charge on any atom is 0.387 e. The third-order valence-corrected chi connectivity index (χ3v) is 5.74. The summed E-state index contributed by atoms with van der Waals surface area (Å²) in [5.41, 5.74) is 1.63. The van der Waals surface area contributed by atoms with Gasteiger partial charge in [-0.3, -0.25) is 14.2 Å². The SMILES string of the molecule is CCOc1nc2c(cc(-c3ccc(=O)n(C)c3)c(=O)n2-c2ccc(OC(F)F)c(C)c2)s1. The normalized spacial score (nSPS) is 11.3. The van der Waals surface area contributed by atoms with Gasteiger partial charge in [-0.05, 0) is 49.7 Å². The molecular formula is C22H19F2N3O4S. The van der Waals surface area contributed by atoms with Crippen LogP contribution >= 0.6 is 11.3 Å². The Bertz CT molecular complexity index is 1430. The number of aromatic nitrogens is 3. The summed E-state index contributed by atoms with van der Waals surface area (Å²) in [6, 6.07) is 9.20. The van der Waals surface area contributed by atoms with Crippen molar-refractivity contribution in [2.45, 2.75) is 20.5 Å². The van der Waals surface area contributed by atoms with E-state index < -0.39 is 6.61 Å². The summed E-state index contributed by atoms with van der Waals surface area (Å²) in [6.45, 7) is 0.915. The van der Waals surface area contributed by atoms with Gasteiger partial charge in [0, 0.05) is 24.9 Å². The lowest BCUT2D eigenvalue weighted by Crippen LogP contribution is -2.22. The Morgan fingerprint density at radius 1 is 1.16 bits per heavy atom. The van der Waals surface area contributed by atoms with Crippen LogP contribution in [0.1, 0.15) is 12.5 Å². The third-order valence-electron chi connectivity index (χ3n) is 4.83. The van der Waals surface area contributed by atoms with E-state index >= 15 is 0 Å². The third kappa shape index (κ3) is 4.01. The van der Waals surface area contributed by atoms with Crippen molar-refractivity contribution in [3.63, 3.8) is 0 Å². The lowest BCUT2D eigenvalue weighted by Gasteiger charge is -2.13. The van der Waals surface area contributed by atoms with Gasteiger partial charge < -0.3 is 14.0 Å². The van der Waals surface area contributed by atoms with Crippen LogP contribution in [0.3, 0.4) is 0 Å². The number of alkyl halides is 2. The Balaban J connectivity index is 1.98. The Morgan fingerprint density at radius 3 is 2.59 bits per heavy atom. The molecule has 0 aliphatic rings. The van der Waals surface area contributed by atoms with Crippen molar-refractivity contribution in [3.05, 3.63) is 68.9 Å². The number of rotatable bonds is 6. The minimum absolute atomic E-state index is 0.0236. The van der Waals surface area contributed by atoms with Gasteiger partial charge in [-0.15, -0.1) is 0 Å². The summed E-state index contributed by atoms with van der Waals surface area (Å²) in [5.74, 6) is 0.0236. The number of hydrogen-bond donors (Lipinski definition) is 0. The van der Waals surface area contributed by atoms with E-state index in [1.54, 1.807) is 38.4 Å². The second kappa shape index (κ2) is 8.54. The molecule has 1 aromatic carbocycles. The van der Waals surface area contributed by atoms with Crippen molar-refractivity contribution in [1.29, 1.82) is 0 Å². The Morgan fingerprint density at radius 2 is 1.94 bits per heavy atom. The highest BCUT2D eigenvalue weighted by Gasteiger charge is 2.18. The van der Waals surface area contributed by atoms with E-state index in [-0.39, 0.29) is 16.9 Å². The van der Waals surface area contributed by atoms with E-state index in [0.717, 1.165) is 0 Å². The summed E-state index contributed by atoms with van der Waals surface area (Å²) in [5, 5.41) is 0.405. The fraction of sp³-hybridized carbons (Fsp3) is 0.227. The molecule has 0 atom stereocenters. The number of nitrogens with zero attached hydrogens (tertiary/aromatic N) is 3. The molecule has 3 heterocycles. The number of benzene rings is 1. The number of thiazole rings is 1. The van der Waals surface area contributed by atoms with Crippen LogP contribution in [0, 0.1) is 6.92 Å². The lowest BCUT2D eigenvalue weighted by atomic mass is 10.1. The van der Waals surface area contributed by atoms with Crippen LogP contribution in [-0.2, 0) is 7.05 Å². The highest BCUT2D eigenvalue weighted by molar-refractivity contribution is 7.20. The first kappa shape index (κ1) is 21.7. The highest BCUT2D eigenvalue weighted by Crippen LogP contribution is 2.32. The van der Waals surface area contributed by atoms with Gasteiger partial charge in [-0.2, -0.15) is 13.8 Å². The van der Waals surface area contributed by atoms with E-state index in [2.05, 4.69) is 9.72 Å². The zero-order valence-corrected chi connectivity index (χ0v) is 18.3. The van der Waals surface area contributed by atoms with Gasteiger partial charge in [0.1, 0.15) is 5.75 Å². The first-order valence-electron chi connectivity index (χ1n) is 9.70. The predicted octanol–water partition coefficient (Wildman–Crippen LogP) is 4.12. The molecule has 0 amide bonds. The minimum Gasteiger partial charge on any atom is -0.470 e. The number of hydrogen-bond acceptors (Lipinski definition) is 6.